The first kappa shape index (κ1) is 8.30. The Morgan fingerprint density at radius 2 is 2.50 bits per heavy atom. The Balaban J connectivity index is 3.03. The van der Waals surface area contributed by atoms with Crippen LogP contribution in [0, 0.1) is 0 Å². The van der Waals surface area contributed by atoms with Crippen molar-refractivity contribution < 1.29 is 4.79 Å². The lowest BCUT2D eigenvalue weighted by Crippen LogP contribution is -1.66. The predicted molar refractivity (Wildman–Crippen MR) is 49.2 cm³/mol. The van der Waals surface area contributed by atoms with Gasteiger partial charge >= 0.3 is 0 Å². The minimum absolute atomic E-state index is 0.768. The molecule has 0 aliphatic carbocycles. The second-order valence-electron chi connectivity index (χ2n) is 1.60. The summed E-state index contributed by atoms with van der Waals surface area (Å²) in [6.45, 7) is 0. The summed E-state index contributed by atoms with van der Waals surface area (Å²) in [6, 6.07) is 1.96. The smallest absolute Gasteiger partial charge is 0.161 e. The summed E-state index contributed by atoms with van der Waals surface area (Å²) >= 11 is 6.44. The number of thiophene rings is 1. The lowest BCUT2D eigenvalue weighted by atomic mass is 10.5. The van der Waals surface area contributed by atoms with E-state index in [1.807, 2.05) is 12.3 Å². The quantitative estimate of drug-likeness (QED) is 0.580. The molecule has 0 aliphatic rings. The van der Waals surface area contributed by atoms with Gasteiger partial charge in [0.15, 0.2) is 6.29 Å². The van der Waals surface area contributed by atoms with E-state index >= 15 is 0 Å². The summed E-state index contributed by atoms with van der Waals surface area (Å²) < 4.78 is 2.06. The third-order valence-electron chi connectivity index (χ3n) is 0.999. The van der Waals surface area contributed by atoms with E-state index in [4.69, 9.17) is 0 Å². The summed E-state index contributed by atoms with van der Waals surface area (Å²) in [6.07, 6.45) is 2.86. The van der Waals surface area contributed by atoms with Crippen molar-refractivity contribution in [2.45, 2.75) is 4.21 Å². The number of aldehydes is 1. The number of carbonyl (C=O) groups is 1. The van der Waals surface area contributed by atoms with Gasteiger partial charge in [-0.15, -0.1) is 23.1 Å². The first-order valence-electron chi connectivity index (χ1n) is 2.56. The minimum Gasteiger partial charge on any atom is -0.297 e. The van der Waals surface area contributed by atoms with Crippen LogP contribution in [-0.2, 0) is 0 Å². The predicted octanol–water partition coefficient (Wildman–Crippen LogP) is 3.05. The zero-order chi connectivity index (χ0) is 7.56. The monoisotopic (exact) mass is 236 g/mol. The van der Waals surface area contributed by atoms with Gasteiger partial charge in [0, 0.05) is 4.47 Å². The number of thioether (sulfide) groups is 1. The molecule has 0 saturated carbocycles. The summed E-state index contributed by atoms with van der Waals surface area (Å²) in [4.78, 5) is 11.1. The maximum Gasteiger partial charge on any atom is 0.161 e. The van der Waals surface area contributed by atoms with E-state index in [1.165, 1.54) is 11.3 Å². The summed E-state index contributed by atoms with van der Waals surface area (Å²) in [5.41, 5.74) is 0. The van der Waals surface area contributed by atoms with Crippen molar-refractivity contribution >= 4 is 45.3 Å². The van der Waals surface area contributed by atoms with Crippen molar-refractivity contribution in [1.29, 1.82) is 0 Å². The minimum atomic E-state index is 0.768. The molecular weight excluding hydrogens is 232 g/mol. The molecule has 1 aromatic rings. The van der Waals surface area contributed by atoms with Crippen molar-refractivity contribution in [3.05, 3.63) is 15.4 Å². The second-order valence-corrected chi connectivity index (χ2v) is 4.64. The van der Waals surface area contributed by atoms with Crippen LogP contribution >= 0.6 is 39.0 Å². The number of hydrogen-bond donors (Lipinski definition) is 0. The number of halogens is 1. The van der Waals surface area contributed by atoms with Crippen LogP contribution in [0.25, 0.3) is 0 Å². The first-order valence-corrected chi connectivity index (χ1v) is 5.40. The molecule has 0 fully saturated rings. The third kappa shape index (κ3) is 1.62. The Kier molecular flexibility index (Phi) is 2.95. The van der Waals surface area contributed by atoms with Crippen molar-refractivity contribution in [2.24, 2.45) is 0 Å². The van der Waals surface area contributed by atoms with Crippen LogP contribution < -0.4 is 0 Å². The van der Waals surface area contributed by atoms with Crippen molar-refractivity contribution in [1.82, 2.24) is 0 Å². The number of hydrogen-bond acceptors (Lipinski definition) is 3. The number of carbonyl (C=O) groups excluding carboxylic acids is 1. The molecule has 0 N–H and O–H groups in total. The Morgan fingerprint density at radius 3 is 2.80 bits per heavy atom. The van der Waals surface area contributed by atoms with Crippen LogP contribution in [0.5, 0.6) is 0 Å². The highest BCUT2D eigenvalue weighted by atomic mass is 79.9. The molecule has 0 saturated heterocycles. The summed E-state index contributed by atoms with van der Waals surface area (Å²) in [7, 11) is 0. The maximum atomic E-state index is 10.3. The third-order valence-corrected chi connectivity index (χ3v) is 4.04. The fourth-order valence-corrected chi connectivity index (χ4v) is 2.85. The van der Waals surface area contributed by atoms with Crippen molar-refractivity contribution in [3.63, 3.8) is 0 Å². The highest BCUT2D eigenvalue weighted by Gasteiger charge is 2.03. The van der Waals surface area contributed by atoms with Gasteiger partial charge in [-0.05, 0) is 28.3 Å². The van der Waals surface area contributed by atoms with Gasteiger partial charge in [0.25, 0.3) is 0 Å². The highest BCUT2D eigenvalue weighted by Crippen LogP contribution is 2.31. The largest absolute Gasteiger partial charge is 0.297 e. The van der Waals surface area contributed by atoms with Crippen LogP contribution in [0.4, 0.5) is 0 Å². The molecule has 0 amide bonds. The van der Waals surface area contributed by atoms with Gasteiger partial charge in [-0.1, -0.05) is 0 Å². The van der Waals surface area contributed by atoms with Crippen LogP contribution in [0.15, 0.2) is 14.7 Å². The van der Waals surface area contributed by atoms with Crippen LogP contribution in [-0.4, -0.2) is 12.5 Å². The molecular formula is C6H5BrOS2. The normalized spacial score (nSPS) is 9.80. The Morgan fingerprint density at radius 1 is 1.80 bits per heavy atom. The van der Waals surface area contributed by atoms with Crippen LogP contribution in [0.3, 0.4) is 0 Å². The molecule has 54 valence electrons. The van der Waals surface area contributed by atoms with E-state index in [2.05, 4.69) is 15.9 Å². The van der Waals surface area contributed by atoms with Crippen molar-refractivity contribution in [2.75, 3.05) is 6.26 Å². The molecule has 0 unspecified atom stereocenters. The fourth-order valence-electron chi connectivity index (χ4n) is 0.542. The Bertz CT molecular complexity index is 244. The first-order chi connectivity index (χ1) is 4.77. The Hall–Kier alpha value is 0.200. The van der Waals surface area contributed by atoms with Gasteiger partial charge in [0.05, 0.1) is 9.09 Å². The van der Waals surface area contributed by atoms with Crippen LogP contribution in [0.1, 0.15) is 9.67 Å². The average molecular weight is 237 g/mol. The zero-order valence-corrected chi connectivity index (χ0v) is 8.48. The van der Waals surface area contributed by atoms with E-state index in [9.17, 15) is 4.79 Å². The van der Waals surface area contributed by atoms with Gasteiger partial charge < -0.3 is 0 Å². The molecule has 1 aromatic heterocycles. The standard InChI is InChI=1S/C6H5BrOS2/c1-9-6-2-4(7)5(3-8)10-6/h2-3H,1H3. The summed E-state index contributed by atoms with van der Waals surface area (Å²) in [5.74, 6) is 0. The van der Waals surface area contributed by atoms with E-state index in [1.54, 1.807) is 11.8 Å². The maximum absolute atomic E-state index is 10.3. The highest BCUT2D eigenvalue weighted by molar-refractivity contribution is 9.10. The average Bonchev–Trinajstić information content (AvgIpc) is 2.30. The van der Waals surface area contributed by atoms with Gasteiger partial charge in [-0.25, -0.2) is 0 Å². The van der Waals surface area contributed by atoms with E-state index in [0.717, 1.165) is 19.8 Å². The molecule has 0 bridgehead atoms. The van der Waals surface area contributed by atoms with Gasteiger partial charge in [-0.3, -0.25) is 4.79 Å². The molecule has 4 heteroatoms. The van der Waals surface area contributed by atoms with E-state index in [0.29, 0.717) is 0 Å². The molecule has 0 spiro atoms. The molecule has 0 radical (unpaired) electrons. The van der Waals surface area contributed by atoms with Gasteiger partial charge in [0.1, 0.15) is 0 Å². The van der Waals surface area contributed by atoms with Crippen LogP contribution in [0.2, 0.25) is 0 Å². The fraction of sp³-hybridized carbons (Fsp3) is 0.167. The zero-order valence-electron chi connectivity index (χ0n) is 5.26. The SMILES string of the molecule is CSc1cc(Br)c(C=O)s1. The molecule has 0 aromatic carbocycles. The molecule has 10 heavy (non-hydrogen) atoms. The topological polar surface area (TPSA) is 17.1 Å². The lowest BCUT2D eigenvalue weighted by molar-refractivity contribution is 0.112. The summed E-state index contributed by atoms with van der Waals surface area (Å²) in [5, 5.41) is 0. The number of rotatable bonds is 2. The molecule has 0 aliphatic heterocycles. The molecule has 1 heterocycles. The molecule has 0 atom stereocenters. The van der Waals surface area contributed by atoms with Gasteiger partial charge in [-0.2, -0.15) is 0 Å². The van der Waals surface area contributed by atoms with E-state index < -0.39 is 0 Å². The molecule has 1 nitrogen and oxygen atoms in total. The van der Waals surface area contributed by atoms with Gasteiger partial charge in [0.2, 0.25) is 0 Å². The Labute approximate surface area is 76.0 Å². The molecule has 1 rings (SSSR count). The second kappa shape index (κ2) is 3.55. The lowest BCUT2D eigenvalue weighted by Gasteiger charge is -1.79. The van der Waals surface area contributed by atoms with Crippen molar-refractivity contribution in [3.8, 4) is 0 Å². The van der Waals surface area contributed by atoms with E-state index in [-0.39, 0.29) is 0 Å².